The number of aromatic amines is 2. The Bertz CT molecular complexity index is 1570. The smallest absolute Gasteiger partial charge is 0.272 e. The number of nitrogens with one attached hydrogen (secondary N) is 3. The van der Waals surface area contributed by atoms with Crippen LogP contribution < -0.4 is 5.48 Å². The highest BCUT2D eigenvalue weighted by Crippen LogP contribution is 2.38. The Kier molecular flexibility index (Phi) is 7.95. The van der Waals surface area contributed by atoms with Crippen molar-refractivity contribution in [2.24, 2.45) is 0 Å². The van der Waals surface area contributed by atoms with Crippen LogP contribution in [0, 0.1) is 0 Å². The van der Waals surface area contributed by atoms with Gasteiger partial charge in [-0.15, -0.1) is 0 Å². The van der Waals surface area contributed by atoms with Gasteiger partial charge in [0, 0.05) is 61.0 Å². The number of hydroxylamine groups is 1. The topological polar surface area (TPSA) is 127 Å². The summed E-state index contributed by atoms with van der Waals surface area (Å²) in [5, 5.41) is 17.3. The Balaban J connectivity index is 1.27. The van der Waals surface area contributed by atoms with Gasteiger partial charge in [-0.05, 0) is 53.7 Å². The van der Waals surface area contributed by atoms with Crippen LogP contribution in [-0.2, 0) is 28.9 Å². The molecule has 1 aliphatic heterocycles. The lowest BCUT2D eigenvalue weighted by molar-refractivity contribution is -0.124. The molecule has 2 amide bonds. The lowest BCUT2D eigenvalue weighted by atomic mass is 10.0. The first-order valence-electron chi connectivity index (χ1n) is 14.0. The van der Waals surface area contributed by atoms with Gasteiger partial charge in [0.2, 0.25) is 0 Å². The number of amides is 2. The molecule has 1 saturated heterocycles. The molecule has 3 heterocycles. The number of carbonyl (C=O) groups is 2. The van der Waals surface area contributed by atoms with E-state index in [0.29, 0.717) is 38.5 Å². The van der Waals surface area contributed by atoms with E-state index in [9.17, 15) is 9.59 Å². The third kappa shape index (κ3) is 5.81. The maximum atomic E-state index is 13.4. The third-order valence-electron chi connectivity index (χ3n) is 8.14. The monoisotopic (exact) mass is 554 g/mol. The van der Waals surface area contributed by atoms with Crippen molar-refractivity contribution in [2.45, 2.75) is 31.8 Å². The SMILES string of the molecule is O=C(C=Cc1ccc2c(c1)CCC2N(CCc1c[nH]c2ccccc12)Cc1cn[nH]c1C(=O)N1CCOCC1)NO. The average molecular weight is 555 g/mol. The molecule has 212 valence electrons. The fraction of sp³-hybridized carbons (Fsp3) is 0.323. The number of nitrogens with zero attached hydrogens (tertiary/aromatic N) is 3. The molecular formula is C31H34N6O4. The Morgan fingerprint density at radius 3 is 2.88 bits per heavy atom. The van der Waals surface area contributed by atoms with Gasteiger partial charge in [-0.25, -0.2) is 5.48 Å². The van der Waals surface area contributed by atoms with E-state index in [0.717, 1.165) is 42.5 Å². The number of hydrogen-bond acceptors (Lipinski definition) is 6. The van der Waals surface area contributed by atoms with E-state index in [2.05, 4.69) is 56.6 Å². The molecule has 0 radical (unpaired) electrons. The number of ether oxygens (including phenoxy) is 1. The van der Waals surface area contributed by atoms with Crippen molar-refractivity contribution in [2.75, 3.05) is 32.8 Å². The summed E-state index contributed by atoms with van der Waals surface area (Å²) in [6.45, 7) is 3.65. The zero-order valence-electron chi connectivity index (χ0n) is 22.8. The summed E-state index contributed by atoms with van der Waals surface area (Å²) in [6, 6.07) is 14.8. The summed E-state index contributed by atoms with van der Waals surface area (Å²) in [7, 11) is 0. The number of rotatable bonds is 9. The van der Waals surface area contributed by atoms with Crippen molar-refractivity contribution in [1.82, 2.24) is 30.5 Å². The van der Waals surface area contributed by atoms with Crippen LogP contribution in [0.25, 0.3) is 17.0 Å². The fourth-order valence-corrected chi connectivity index (χ4v) is 6.01. The number of aromatic nitrogens is 3. The van der Waals surface area contributed by atoms with Crippen LogP contribution in [0.5, 0.6) is 0 Å². The number of carbonyl (C=O) groups excluding carboxylic acids is 2. The highest BCUT2D eigenvalue weighted by Gasteiger charge is 2.30. The quantitative estimate of drug-likeness (QED) is 0.142. The van der Waals surface area contributed by atoms with Crippen LogP contribution in [0.4, 0.5) is 0 Å². The Labute approximate surface area is 237 Å². The van der Waals surface area contributed by atoms with E-state index in [4.69, 9.17) is 9.94 Å². The Morgan fingerprint density at radius 1 is 1.17 bits per heavy atom. The number of fused-ring (bicyclic) bond motifs is 2. The predicted molar refractivity (Wildman–Crippen MR) is 154 cm³/mol. The molecule has 2 aromatic heterocycles. The van der Waals surface area contributed by atoms with Crippen LogP contribution in [0.1, 0.15) is 50.8 Å². The van der Waals surface area contributed by atoms with Crippen molar-refractivity contribution in [3.63, 3.8) is 0 Å². The van der Waals surface area contributed by atoms with E-state index in [1.807, 2.05) is 17.0 Å². The molecule has 2 aromatic carbocycles. The van der Waals surface area contributed by atoms with Crippen LogP contribution in [0.2, 0.25) is 0 Å². The zero-order valence-corrected chi connectivity index (χ0v) is 22.8. The van der Waals surface area contributed by atoms with Crippen molar-refractivity contribution in [1.29, 1.82) is 0 Å². The summed E-state index contributed by atoms with van der Waals surface area (Å²) in [6.07, 6.45) is 9.62. The van der Waals surface area contributed by atoms with E-state index < -0.39 is 5.91 Å². The highest BCUT2D eigenvalue weighted by molar-refractivity contribution is 5.93. The number of morpholine rings is 1. The van der Waals surface area contributed by atoms with Crippen molar-refractivity contribution >= 4 is 28.8 Å². The molecule has 1 atom stereocenters. The number of hydrogen-bond donors (Lipinski definition) is 4. The van der Waals surface area contributed by atoms with Gasteiger partial charge in [-0.1, -0.05) is 36.4 Å². The minimum atomic E-state index is -0.561. The second-order valence-electron chi connectivity index (χ2n) is 10.6. The fourth-order valence-electron chi connectivity index (χ4n) is 6.01. The molecule has 10 heteroatoms. The Morgan fingerprint density at radius 2 is 2.02 bits per heavy atom. The standard InChI is InChI=1S/C31H34N6O4/c38-29(35-40)10-6-21-5-8-26-22(17-21)7-9-28(26)37(12-11-23-18-32-27-4-2-1-3-25(23)27)20-24-19-33-34-30(24)31(39)36-13-15-41-16-14-36/h1-6,8,10,17-19,28,32,40H,7,9,11-16,20H2,(H,33,34)(H,35,38). The van der Waals surface area contributed by atoms with E-state index in [-0.39, 0.29) is 11.9 Å². The van der Waals surface area contributed by atoms with E-state index in [1.54, 1.807) is 17.8 Å². The van der Waals surface area contributed by atoms with Gasteiger partial charge in [0.15, 0.2) is 0 Å². The van der Waals surface area contributed by atoms with Crippen molar-refractivity contribution < 1.29 is 19.5 Å². The number of H-pyrrole nitrogens is 2. The first kappa shape index (κ1) is 26.9. The van der Waals surface area contributed by atoms with Gasteiger partial charge in [0.1, 0.15) is 5.69 Å². The largest absolute Gasteiger partial charge is 0.378 e. The molecule has 1 fully saturated rings. The summed E-state index contributed by atoms with van der Waals surface area (Å²) in [4.78, 5) is 32.5. The molecule has 10 nitrogen and oxygen atoms in total. The second-order valence-corrected chi connectivity index (χ2v) is 10.6. The lowest BCUT2D eigenvalue weighted by Crippen LogP contribution is -2.41. The van der Waals surface area contributed by atoms with Gasteiger partial charge in [-0.3, -0.25) is 24.8 Å². The van der Waals surface area contributed by atoms with Crippen LogP contribution >= 0.6 is 0 Å². The van der Waals surface area contributed by atoms with Gasteiger partial charge in [0.05, 0.1) is 19.4 Å². The molecule has 4 N–H and O–H groups in total. The Hall–Kier alpha value is -4.25. The van der Waals surface area contributed by atoms with Gasteiger partial charge in [0.25, 0.3) is 11.8 Å². The van der Waals surface area contributed by atoms with Gasteiger partial charge >= 0.3 is 0 Å². The molecular weight excluding hydrogens is 520 g/mol. The normalized spacial score (nSPS) is 17.0. The first-order valence-corrected chi connectivity index (χ1v) is 14.0. The maximum Gasteiger partial charge on any atom is 0.272 e. The molecule has 2 aliphatic rings. The third-order valence-corrected chi connectivity index (χ3v) is 8.14. The molecule has 4 aromatic rings. The predicted octanol–water partition coefficient (Wildman–Crippen LogP) is 3.61. The van der Waals surface area contributed by atoms with Crippen molar-refractivity contribution in [3.8, 4) is 0 Å². The van der Waals surface area contributed by atoms with E-state index >= 15 is 0 Å². The van der Waals surface area contributed by atoms with Gasteiger partial charge in [-0.2, -0.15) is 5.10 Å². The van der Waals surface area contributed by atoms with Crippen molar-refractivity contribution in [3.05, 3.63) is 94.4 Å². The molecule has 0 bridgehead atoms. The summed E-state index contributed by atoms with van der Waals surface area (Å²) in [5.41, 5.74) is 8.87. The highest BCUT2D eigenvalue weighted by atomic mass is 16.5. The number of para-hydroxylation sites is 1. The summed E-state index contributed by atoms with van der Waals surface area (Å²) < 4.78 is 5.44. The molecule has 6 rings (SSSR count). The summed E-state index contributed by atoms with van der Waals surface area (Å²) >= 11 is 0. The molecule has 0 spiro atoms. The molecule has 0 saturated carbocycles. The summed E-state index contributed by atoms with van der Waals surface area (Å²) in [5.74, 6) is -0.595. The lowest BCUT2D eigenvalue weighted by Gasteiger charge is -2.30. The minimum absolute atomic E-state index is 0.0347. The van der Waals surface area contributed by atoms with Crippen LogP contribution in [0.3, 0.4) is 0 Å². The number of benzene rings is 2. The van der Waals surface area contributed by atoms with E-state index in [1.165, 1.54) is 28.2 Å². The van der Waals surface area contributed by atoms with Gasteiger partial charge < -0.3 is 14.6 Å². The molecule has 1 aliphatic carbocycles. The zero-order chi connectivity index (χ0) is 28.2. The average Bonchev–Trinajstić information content (AvgIpc) is 3.76. The molecule has 1 unspecified atom stereocenters. The first-order chi connectivity index (χ1) is 20.1. The number of aryl methyl sites for hydroxylation is 1. The maximum absolute atomic E-state index is 13.4. The minimum Gasteiger partial charge on any atom is -0.378 e. The van der Waals surface area contributed by atoms with Crippen LogP contribution in [0.15, 0.2) is 60.9 Å². The van der Waals surface area contributed by atoms with Crippen LogP contribution in [-0.4, -0.2) is 74.9 Å². The second kappa shape index (κ2) is 12.1. The molecule has 41 heavy (non-hydrogen) atoms.